The summed E-state index contributed by atoms with van der Waals surface area (Å²) in [6.45, 7) is 11.2. The molecule has 0 fully saturated rings. The molecule has 1 N–H and O–H groups in total. The van der Waals surface area contributed by atoms with Crippen molar-refractivity contribution in [1.82, 2.24) is 15.1 Å². The van der Waals surface area contributed by atoms with Crippen molar-refractivity contribution >= 4 is 0 Å². The first-order valence-corrected chi connectivity index (χ1v) is 8.10. The molecule has 0 aliphatic rings. The lowest BCUT2D eigenvalue weighted by Crippen LogP contribution is -2.33. The van der Waals surface area contributed by atoms with Gasteiger partial charge in [0.1, 0.15) is 0 Å². The Labute approximate surface area is 138 Å². The van der Waals surface area contributed by atoms with Gasteiger partial charge in [0.25, 0.3) is 0 Å². The van der Waals surface area contributed by atoms with Gasteiger partial charge in [-0.1, -0.05) is 38.5 Å². The molecule has 5 heteroatoms. The molecule has 0 spiro atoms. The van der Waals surface area contributed by atoms with E-state index in [4.69, 9.17) is 9.52 Å². The van der Waals surface area contributed by atoms with Crippen molar-refractivity contribution in [3.8, 4) is 11.5 Å². The monoisotopic (exact) mass is 317 g/mol. The molecule has 2 rings (SSSR count). The summed E-state index contributed by atoms with van der Waals surface area (Å²) in [4.78, 5) is 2.25. The maximum atomic E-state index is 9.08. The number of aromatic nitrogens is 2. The fraction of sp³-hybridized carbons (Fsp3) is 0.556. The van der Waals surface area contributed by atoms with Crippen LogP contribution in [0.1, 0.15) is 38.6 Å². The van der Waals surface area contributed by atoms with E-state index >= 15 is 0 Å². The average molecular weight is 317 g/mol. The molecule has 1 aromatic heterocycles. The van der Waals surface area contributed by atoms with Crippen LogP contribution in [0.25, 0.3) is 11.5 Å². The van der Waals surface area contributed by atoms with Crippen molar-refractivity contribution in [3.05, 3.63) is 35.7 Å². The maximum absolute atomic E-state index is 9.08. The zero-order valence-corrected chi connectivity index (χ0v) is 14.5. The fourth-order valence-electron chi connectivity index (χ4n) is 2.50. The third kappa shape index (κ3) is 5.77. The van der Waals surface area contributed by atoms with Gasteiger partial charge in [0, 0.05) is 25.3 Å². The van der Waals surface area contributed by atoms with E-state index in [1.54, 1.807) is 0 Å². The highest BCUT2D eigenvalue weighted by atomic mass is 16.4. The minimum Gasteiger partial charge on any atom is -0.419 e. The van der Waals surface area contributed by atoms with Crippen molar-refractivity contribution in [3.63, 3.8) is 0 Å². The average Bonchev–Trinajstić information content (AvgIpc) is 2.92. The molecule has 126 valence electrons. The lowest BCUT2D eigenvalue weighted by molar-refractivity contribution is 0.155. The Morgan fingerprint density at radius 3 is 2.43 bits per heavy atom. The second kappa shape index (κ2) is 7.70. The topological polar surface area (TPSA) is 62.4 Å². The summed E-state index contributed by atoms with van der Waals surface area (Å²) in [7, 11) is 0. The van der Waals surface area contributed by atoms with Crippen LogP contribution in [0.15, 0.2) is 28.7 Å². The number of aryl methyl sites for hydroxylation is 1. The van der Waals surface area contributed by atoms with E-state index in [2.05, 4.69) is 42.8 Å². The van der Waals surface area contributed by atoms with Crippen molar-refractivity contribution in [2.75, 3.05) is 19.7 Å². The molecule has 0 aliphatic heterocycles. The standard InChI is InChI=1S/C18H27N3O2/c1-14-6-8-15(9-7-14)17-20-19-16(23-17)12-21(10-5-11-22)13-18(2,3)4/h6-9,22H,5,10-13H2,1-4H3. The SMILES string of the molecule is Cc1ccc(-c2nnc(CN(CCCO)CC(C)(C)C)o2)cc1. The largest absolute Gasteiger partial charge is 0.419 e. The van der Waals surface area contributed by atoms with Gasteiger partial charge in [0.05, 0.1) is 6.54 Å². The summed E-state index contributed by atoms with van der Waals surface area (Å²) in [5.74, 6) is 1.17. The van der Waals surface area contributed by atoms with Crippen LogP contribution < -0.4 is 0 Å². The summed E-state index contributed by atoms with van der Waals surface area (Å²) in [6.07, 6.45) is 0.745. The lowest BCUT2D eigenvalue weighted by atomic mass is 9.96. The van der Waals surface area contributed by atoms with Crippen molar-refractivity contribution < 1.29 is 9.52 Å². The summed E-state index contributed by atoms with van der Waals surface area (Å²) in [5.41, 5.74) is 2.32. The molecule has 0 bridgehead atoms. The van der Waals surface area contributed by atoms with Crippen LogP contribution >= 0.6 is 0 Å². The summed E-state index contributed by atoms with van der Waals surface area (Å²) < 4.78 is 5.81. The first kappa shape index (κ1) is 17.6. The normalized spacial score (nSPS) is 12.1. The summed E-state index contributed by atoms with van der Waals surface area (Å²) in [5, 5.41) is 17.4. The quantitative estimate of drug-likeness (QED) is 0.849. The number of nitrogens with zero attached hydrogens (tertiary/aromatic N) is 3. The minimum absolute atomic E-state index is 0.176. The van der Waals surface area contributed by atoms with E-state index in [1.807, 2.05) is 24.3 Å². The van der Waals surface area contributed by atoms with Gasteiger partial charge in [-0.2, -0.15) is 0 Å². The minimum atomic E-state index is 0.176. The molecule has 0 aliphatic carbocycles. The molecule has 0 saturated carbocycles. The van der Waals surface area contributed by atoms with Gasteiger partial charge in [-0.25, -0.2) is 0 Å². The molecular weight excluding hydrogens is 290 g/mol. The molecule has 0 amide bonds. The van der Waals surface area contributed by atoms with Gasteiger partial charge in [-0.3, -0.25) is 4.90 Å². The number of aliphatic hydroxyl groups is 1. The Balaban J connectivity index is 2.06. The Morgan fingerprint density at radius 2 is 1.83 bits per heavy atom. The first-order valence-electron chi connectivity index (χ1n) is 8.10. The molecule has 1 aromatic carbocycles. The fourth-order valence-corrected chi connectivity index (χ4v) is 2.50. The first-order chi connectivity index (χ1) is 10.9. The van der Waals surface area contributed by atoms with E-state index in [1.165, 1.54) is 5.56 Å². The molecule has 0 unspecified atom stereocenters. The number of hydrogen-bond acceptors (Lipinski definition) is 5. The van der Waals surface area contributed by atoms with E-state index < -0.39 is 0 Å². The predicted molar refractivity (Wildman–Crippen MR) is 90.9 cm³/mol. The zero-order valence-electron chi connectivity index (χ0n) is 14.5. The molecule has 0 atom stereocenters. The van der Waals surface area contributed by atoms with Crippen LogP contribution in [-0.2, 0) is 6.54 Å². The maximum Gasteiger partial charge on any atom is 0.247 e. The van der Waals surface area contributed by atoms with E-state index in [0.717, 1.165) is 25.1 Å². The van der Waals surface area contributed by atoms with E-state index in [0.29, 0.717) is 18.3 Å². The third-order valence-corrected chi connectivity index (χ3v) is 3.45. The number of aliphatic hydroxyl groups excluding tert-OH is 1. The molecule has 0 radical (unpaired) electrons. The highest BCUT2D eigenvalue weighted by molar-refractivity contribution is 5.52. The number of benzene rings is 1. The zero-order chi connectivity index (χ0) is 16.9. The second-order valence-corrected chi connectivity index (χ2v) is 7.22. The molecule has 2 aromatic rings. The van der Waals surface area contributed by atoms with E-state index in [9.17, 15) is 0 Å². The Kier molecular flexibility index (Phi) is 5.91. The smallest absolute Gasteiger partial charge is 0.247 e. The Bertz CT molecular complexity index is 599. The molecular formula is C18H27N3O2. The van der Waals surface area contributed by atoms with Crippen molar-refractivity contribution in [1.29, 1.82) is 0 Å². The van der Waals surface area contributed by atoms with Gasteiger partial charge in [-0.15, -0.1) is 10.2 Å². The highest BCUT2D eigenvalue weighted by Gasteiger charge is 2.19. The molecule has 5 nitrogen and oxygen atoms in total. The van der Waals surface area contributed by atoms with Crippen LogP contribution in [0.5, 0.6) is 0 Å². The van der Waals surface area contributed by atoms with Crippen molar-refractivity contribution in [2.24, 2.45) is 5.41 Å². The molecule has 23 heavy (non-hydrogen) atoms. The van der Waals surface area contributed by atoms with Crippen LogP contribution in [0.2, 0.25) is 0 Å². The van der Waals surface area contributed by atoms with Crippen LogP contribution in [0.3, 0.4) is 0 Å². The number of rotatable bonds is 7. The Morgan fingerprint density at radius 1 is 1.13 bits per heavy atom. The van der Waals surface area contributed by atoms with Gasteiger partial charge in [0.2, 0.25) is 11.8 Å². The van der Waals surface area contributed by atoms with Crippen LogP contribution in [0.4, 0.5) is 0 Å². The van der Waals surface area contributed by atoms with Gasteiger partial charge in [0.15, 0.2) is 0 Å². The van der Waals surface area contributed by atoms with Crippen LogP contribution in [-0.4, -0.2) is 39.9 Å². The van der Waals surface area contributed by atoms with Crippen LogP contribution in [0, 0.1) is 12.3 Å². The van der Waals surface area contributed by atoms with Crippen molar-refractivity contribution in [2.45, 2.75) is 40.7 Å². The van der Waals surface area contributed by atoms with Gasteiger partial charge in [-0.05, 0) is 30.9 Å². The van der Waals surface area contributed by atoms with Gasteiger partial charge >= 0.3 is 0 Å². The summed E-state index contributed by atoms with van der Waals surface area (Å²) in [6, 6.07) is 8.05. The van der Waals surface area contributed by atoms with E-state index in [-0.39, 0.29) is 12.0 Å². The number of hydrogen-bond donors (Lipinski definition) is 1. The van der Waals surface area contributed by atoms with Gasteiger partial charge < -0.3 is 9.52 Å². The predicted octanol–water partition coefficient (Wildman–Crippen LogP) is 3.28. The third-order valence-electron chi connectivity index (χ3n) is 3.45. The Hall–Kier alpha value is -1.72. The molecule has 1 heterocycles. The summed E-state index contributed by atoms with van der Waals surface area (Å²) >= 11 is 0. The molecule has 0 saturated heterocycles. The lowest BCUT2D eigenvalue weighted by Gasteiger charge is -2.28. The second-order valence-electron chi connectivity index (χ2n) is 7.22. The highest BCUT2D eigenvalue weighted by Crippen LogP contribution is 2.21.